The Morgan fingerprint density at radius 3 is 2.53 bits per heavy atom. The number of phenolic OH excluding ortho intramolecular Hbond substituents is 1. The molecule has 1 amide bonds. The van der Waals surface area contributed by atoms with Crippen LogP contribution in [-0.2, 0) is 0 Å². The molecule has 0 bridgehead atoms. The van der Waals surface area contributed by atoms with Gasteiger partial charge in [0.05, 0.1) is 18.9 Å². The number of ether oxygens (including phenoxy) is 1. The fourth-order valence-electron chi connectivity index (χ4n) is 3.45. The average molecular weight is 401 g/mol. The van der Waals surface area contributed by atoms with E-state index in [-0.39, 0.29) is 11.7 Å². The highest BCUT2D eigenvalue weighted by atomic mass is 16.5. The second-order valence-corrected chi connectivity index (χ2v) is 7.45. The molecule has 0 aliphatic heterocycles. The Hall–Kier alpha value is -3.73. The number of hydrogen-bond acceptors (Lipinski definition) is 4. The molecule has 1 heterocycles. The Morgan fingerprint density at radius 1 is 1.07 bits per heavy atom. The maximum Gasteiger partial charge on any atom is 0.259 e. The summed E-state index contributed by atoms with van der Waals surface area (Å²) in [5.41, 5.74) is 4.56. The van der Waals surface area contributed by atoms with Crippen molar-refractivity contribution >= 4 is 22.6 Å². The number of anilines is 1. The van der Waals surface area contributed by atoms with E-state index in [0.717, 1.165) is 22.2 Å². The number of methoxy groups -OCH3 is 1. The van der Waals surface area contributed by atoms with Crippen LogP contribution in [0, 0.1) is 0 Å². The van der Waals surface area contributed by atoms with Crippen molar-refractivity contribution in [2.45, 2.75) is 19.8 Å². The molecular formula is C25H23NO4. The molecule has 0 fully saturated rings. The summed E-state index contributed by atoms with van der Waals surface area (Å²) >= 11 is 0. The van der Waals surface area contributed by atoms with E-state index < -0.39 is 0 Å². The van der Waals surface area contributed by atoms with Gasteiger partial charge in [0.1, 0.15) is 5.58 Å². The minimum atomic E-state index is -0.234. The monoisotopic (exact) mass is 401 g/mol. The summed E-state index contributed by atoms with van der Waals surface area (Å²) in [5.74, 6) is 0.642. The van der Waals surface area contributed by atoms with Crippen molar-refractivity contribution in [3.8, 4) is 22.6 Å². The highest BCUT2D eigenvalue weighted by Gasteiger charge is 2.17. The van der Waals surface area contributed by atoms with Crippen LogP contribution in [-0.4, -0.2) is 18.1 Å². The number of phenols is 1. The van der Waals surface area contributed by atoms with E-state index in [0.29, 0.717) is 22.8 Å². The molecule has 0 aliphatic carbocycles. The van der Waals surface area contributed by atoms with E-state index in [1.807, 2.05) is 36.4 Å². The van der Waals surface area contributed by atoms with Gasteiger partial charge < -0.3 is 19.6 Å². The second kappa shape index (κ2) is 7.95. The van der Waals surface area contributed by atoms with Crippen molar-refractivity contribution in [3.05, 3.63) is 78.1 Å². The van der Waals surface area contributed by atoms with Gasteiger partial charge in [-0.3, -0.25) is 4.79 Å². The minimum absolute atomic E-state index is 0.0672. The highest BCUT2D eigenvalue weighted by Crippen LogP contribution is 2.37. The minimum Gasteiger partial charge on any atom is -0.504 e. The van der Waals surface area contributed by atoms with E-state index in [4.69, 9.17) is 9.15 Å². The lowest BCUT2D eigenvalue weighted by molar-refractivity contribution is 0.102. The van der Waals surface area contributed by atoms with E-state index in [9.17, 15) is 9.90 Å². The van der Waals surface area contributed by atoms with Crippen LogP contribution < -0.4 is 10.1 Å². The number of fused-ring (bicyclic) bond motifs is 1. The van der Waals surface area contributed by atoms with Gasteiger partial charge in [-0.1, -0.05) is 44.2 Å². The van der Waals surface area contributed by atoms with Gasteiger partial charge in [0, 0.05) is 16.6 Å². The predicted octanol–water partition coefficient (Wildman–Crippen LogP) is 6.19. The van der Waals surface area contributed by atoms with Gasteiger partial charge in [0.15, 0.2) is 11.5 Å². The average Bonchev–Trinajstić information content (AvgIpc) is 3.18. The maximum atomic E-state index is 12.9. The molecule has 152 valence electrons. The molecule has 0 saturated heterocycles. The Bertz CT molecular complexity index is 1210. The molecule has 30 heavy (non-hydrogen) atoms. The van der Waals surface area contributed by atoms with E-state index in [1.165, 1.54) is 12.7 Å². The fourth-order valence-corrected chi connectivity index (χ4v) is 3.45. The van der Waals surface area contributed by atoms with Crippen molar-refractivity contribution in [1.29, 1.82) is 0 Å². The number of para-hydroxylation sites is 1. The van der Waals surface area contributed by atoms with Gasteiger partial charge in [-0.2, -0.15) is 0 Å². The van der Waals surface area contributed by atoms with Gasteiger partial charge in [0.2, 0.25) is 0 Å². The Morgan fingerprint density at radius 2 is 1.83 bits per heavy atom. The van der Waals surface area contributed by atoms with Crippen molar-refractivity contribution in [2.75, 3.05) is 12.4 Å². The van der Waals surface area contributed by atoms with E-state index in [1.54, 1.807) is 30.5 Å². The van der Waals surface area contributed by atoms with Crippen molar-refractivity contribution in [2.24, 2.45) is 0 Å². The molecule has 5 heteroatoms. The van der Waals surface area contributed by atoms with Gasteiger partial charge in [-0.15, -0.1) is 0 Å². The molecule has 4 aromatic rings. The third kappa shape index (κ3) is 3.62. The zero-order valence-electron chi connectivity index (χ0n) is 17.1. The number of hydrogen-bond donors (Lipinski definition) is 2. The second-order valence-electron chi connectivity index (χ2n) is 7.45. The SMILES string of the molecule is COc1cc(-c2coc3c(C(=O)Nc4ccc(C(C)C)cc4)cccc23)ccc1O. The van der Waals surface area contributed by atoms with Crippen LogP contribution >= 0.6 is 0 Å². The molecule has 5 nitrogen and oxygen atoms in total. The number of furan rings is 1. The summed E-state index contributed by atoms with van der Waals surface area (Å²) < 4.78 is 11.0. The number of carbonyl (C=O) groups excluding carboxylic acids is 1. The maximum absolute atomic E-state index is 12.9. The van der Waals surface area contributed by atoms with Crippen molar-refractivity contribution < 1.29 is 19.1 Å². The van der Waals surface area contributed by atoms with Crippen LogP contribution in [0.5, 0.6) is 11.5 Å². The molecule has 0 spiro atoms. The molecule has 0 aliphatic rings. The van der Waals surface area contributed by atoms with Crippen LogP contribution in [0.15, 0.2) is 71.3 Å². The normalized spacial score (nSPS) is 11.1. The van der Waals surface area contributed by atoms with E-state index in [2.05, 4.69) is 19.2 Å². The zero-order valence-corrected chi connectivity index (χ0v) is 17.1. The lowest BCUT2D eigenvalue weighted by atomic mass is 10.0. The summed E-state index contributed by atoms with van der Waals surface area (Å²) in [4.78, 5) is 12.9. The summed E-state index contributed by atoms with van der Waals surface area (Å²) in [6.45, 7) is 4.26. The van der Waals surface area contributed by atoms with Crippen LogP contribution in [0.3, 0.4) is 0 Å². The molecule has 1 aromatic heterocycles. The Labute approximate surface area is 174 Å². The Balaban J connectivity index is 1.67. The molecule has 0 saturated carbocycles. The van der Waals surface area contributed by atoms with Crippen molar-refractivity contribution in [3.63, 3.8) is 0 Å². The first kappa shape index (κ1) is 19.6. The van der Waals surface area contributed by atoms with Crippen LogP contribution in [0.2, 0.25) is 0 Å². The summed E-state index contributed by atoms with van der Waals surface area (Å²) in [6, 6.07) is 18.4. The predicted molar refractivity (Wildman–Crippen MR) is 118 cm³/mol. The lowest BCUT2D eigenvalue weighted by Crippen LogP contribution is -2.12. The third-order valence-electron chi connectivity index (χ3n) is 5.17. The number of aromatic hydroxyl groups is 1. The number of benzene rings is 3. The summed E-state index contributed by atoms with van der Waals surface area (Å²) in [7, 11) is 1.50. The van der Waals surface area contributed by atoms with Gasteiger partial charge >= 0.3 is 0 Å². The summed E-state index contributed by atoms with van der Waals surface area (Å²) in [6.07, 6.45) is 1.62. The first-order chi connectivity index (χ1) is 14.5. The largest absolute Gasteiger partial charge is 0.504 e. The number of amides is 1. The molecule has 0 atom stereocenters. The molecule has 0 radical (unpaired) electrons. The smallest absolute Gasteiger partial charge is 0.259 e. The third-order valence-corrected chi connectivity index (χ3v) is 5.17. The first-order valence-corrected chi connectivity index (χ1v) is 9.77. The van der Waals surface area contributed by atoms with Crippen LogP contribution in [0.1, 0.15) is 35.7 Å². The first-order valence-electron chi connectivity index (χ1n) is 9.77. The van der Waals surface area contributed by atoms with E-state index >= 15 is 0 Å². The quantitative estimate of drug-likeness (QED) is 0.418. The number of rotatable bonds is 5. The summed E-state index contributed by atoms with van der Waals surface area (Å²) in [5, 5.41) is 13.6. The standard InChI is InChI=1S/C25H23NO4/c1-15(2)16-7-10-18(11-8-16)26-25(28)20-6-4-5-19-21(14-30-24(19)20)17-9-12-22(27)23(13-17)29-3/h4-15,27H,1-3H3,(H,26,28). The van der Waals surface area contributed by atoms with Gasteiger partial charge in [0.25, 0.3) is 5.91 Å². The number of carbonyl (C=O) groups is 1. The van der Waals surface area contributed by atoms with Crippen LogP contribution in [0.4, 0.5) is 5.69 Å². The topological polar surface area (TPSA) is 71.7 Å². The molecule has 2 N–H and O–H groups in total. The van der Waals surface area contributed by atoms with Crippen molar-refractivity contribution in [1.82, 2.24) is 0 Å². The lowest BCUT2D eigenvalue weighted by Gasteiger charge is -2.09. The zero-order chi connectivity index (χ0) is 21.3. The molecular weight excluding hydrogens is 378 g/mol. The Kier molecular flexibility index (Phi) is 5.19. The van der Waals surface area contributed by atoms with Crippen LogP contribution in [0.25, 0.3) is 22.1 Å². The van der Waals surface area contributed by atoms with Gasteiger partial charge in [-0.25, -0.2) is 0 Å². The molecule has 4 rings (SSSR count). The van der Waals surface area contributed by atoms with Gasteiger partial charge in [-0.05, 0) is 47.4 Å². The number of nitrogens with one attached hydrogen (secondary N) is 1. The molecule has 3 aromatic carbocycles. The fraction of sp³-hybridized carbons (Fsp3) is 0.160. The molecule has 0 unspecified atom stereocenters. The highest BCUT2D eigenvalue weighted by molar-refractivity contribution is 6.13.